The molecule has 762 valence electrons. The number of nitrogens with zero attached hydrogens (tertiary/aromatic N) is 14. The van der Waals surface area contributed by atoms with E-state index in [1.54, 1.807) is 57.7 Å². The predicted octanol–water partition coefficient (Wildman–Crippen LogP) is 16.4. The van der Waals surface area contributed by atoms with Gasteiger partial charge in [-0.3, -0.25) is 9.59 Å². The minimum Gasteiger partial charge on any atom is -0.462 e. The molecule has 7 amide bonds. The number of nitrogens with two attached hydrogens (primary N) is 2. The number of piperidine rings is 7. The highest BCUT2D eigenvalue weighted by Gasteiger charge is 2.41. The Morgan fingerprint density at radius 1 is 0.409 bits per heavy atom. The lowest BCUT2D eigenvalue weighted by atomic mass is 9.77. The number of likely N-dealkylation sites (tertiary alicyclic amines) is 6. The van der Waals surface area contributed by atoms with Crippen LogP contribution in [-0.2, 0) is 66.7 Å². The molecule has 0 aliphatic carbocycles. The van der Waals surface area contributed by atoms with E-state index in [0.29, 0.717) is 127 Å². The molecule has 5 N–H and O–H groups in total. The van der Waals surface area contributed by atoms with E-state index in [2.05, 4.69) is 68.1 Å². The quantitative estimate of drug-likeness (QED) is 0.0735. The number of carbonyl (C=O) groups is 10. The summed E-state index contributed by atoms with van der Waals surface area (Å²) in [5.74, 6) is 0.932. The van der Waals surface area contributed by atoms with Gasteiger partial charge in [-0.1, -0.05) is 58.0 Å². The smallest absolute Gasteiger partial charge is 0.410 e. The molecule has 7 aliphatic heterocycles. The molecule has 4 aromatic rings. The maximum absolute atomic E-state index is 12.9. The first-order valence-electron chi connectivity index (χ1n) is 48.5. The molecule has 3 aromatic heterocycles. The van der Waals surface area contributed by atoms with Crippen molar-refractivity contribution in [3.05, 3.63) is 107 Å². The van der Waals surface area contributed by atoms with Gasteiger partial charge in [0.25, 0.3) is 0 Å². The van der Waals surface area contributed by atoms with Crippen molar-refractivity contribution in [2.75, 3.05) is 111 Å². The van der Waals surface area contributed by atoms with Gasteiger partial charge in [-0.05, 0) is 270 Å². The normalized spacial score (nSPS) is 18.4. The summed E-state index contributed by atoms with van der Waals surface area (Å²) in [6.45, 7) is 58.5. The lowest BCUT2D eigenvalue weighted by Gasteiger charge is -2.40. The van der Waals surface area contributed by atoms with E-state index in [1.807, 2.05) is 167 Å². The summed E-state index contributed by atoms with van der Waals surface area (Å²) in [5, 5.41) is 21.1. The average Bonchev–Trinajstić information content (AvgIpc) is 0.811. The van der Waals surface area contributed by atoms with Crippen molar-refractivity contribution in [1.82, 2.24) is 64.6 Å². The third-order valence-electron chi connectivity index (χ3n) is 24.6. The first-order chi connectivity index (χ1) is 63.7. The molecule has 7 saturated heterocycles. The summed E-state index contributed by atoms with van der Waals surface area (Å²) < 4.78 is 41.4. The topological polar surface area (TPSA) is 453 Å². The standard InChI is InChI=1S/C23H29N3O3.C19H29N3O4.C14H21N3O2.C12H22N2O3.C12H20N2O2.C11H22N2O2.C11H18N2O2/c1-4-29-22(28)19-15-24-20(25-16-19)14-23(3)10-12-26(13-11-23)21(27)17(2)18-8-6-5-7-9-18;1-6-25-16(23)14-12-20-15(21-13-14)11-19(5)7-9-22(10-8-19)17(24)26-18(2,3)4;1-3-19-13(18)11-9-16-12(17-10-11)8-14(2)4-6-15-7-5-14;1-11(2,3)17-10(16)14-7-5-12(4,6-8-14)9(13)15;1-11(2,3)16-10(15)14-7-5-12(4,9-13)6-8-14;1-10(2,3)15-9(14)13-7-5-11(4,12)6-8-13;1-11(2,3)15-10(14)13-6-4-9(8-12)5-7-13/h5-9,15-17H,4,10-14H2,1-3H3;12-13H,6-11H2,1-5H3;9-10,15H,3-8H2,1-2H3;5-8H2,1-4H3,(H2,13,15);5-8H2,1-4H3;5-8,12H2,1-4H3;9H,4-7H2,1-3H3/t17-;;;;;;/m1....../s1. The van der Waals surface area contributed by atoms with E-state index in [9.17, 15) is 47.9 Å². The summed E-state index contributed by atoms with van der Waals surface area (Å²) in [6, 6.07) is 14.5. The van der Waals surface area contributed by atoms with Gasteiger partial charge in [0.2, 0.25) is 11.8 Å². The second-order valence-corrected chi connectivity index (χ2v) is 43.5. The van der Waals surface area contributed by atoms with Gasteiger partial charge in [0.1, 0.15) is 45.5 Å². The first kappa shape index (κ1) is 117. The molecular weight excluding hydrogens is 1750 g/mol. The van der Waals surface area contributed by atoms with Crippen molar-refractivity contribution in [2.24, 2.45) is 44.5 Å². The van der Waals surface area contributed by atoms with E-state index in [0.717, 1.165) is 133 Å². The number of hydrogen-bond donors (Lipinski definition) is 3. The fraction of sp³-hybridized carbons (Fsp3) is 0.706. The zero-order valence-corrected chi connectivity index (χ0v) is 86.8. The zero-order valence-electron chi connectivity index (χ0n) is 86.8. The van der Waals surface area contributed by atoms with Gasteiger partial charge in [0.05, 0.1) is 60.0 Å². The van der Waals surface area contributed by atoms with Gasteiger partial charge in [-0.15, -0.1) is 0 Å². The third-order valence-corrected chi connectivity index (χ3v) is 24.6. The number of nitrogens with one attached hydrogen (secondary N) is 1. The third kappa shape index (κ3) is 42.5. The SMILES string of the molecule is CC(C)(C)OC(=O)N1CCC(C#N)CC1.CC(C)(C)OC(=O)N1CCC(C)(C(N)=O)CC1.CC1(C#N)CCN(C(=O)OC(C)(C)C)CC1.CC1(N)CCN(C(=O)OC(C)(C)C)CC1.CCOC(=O)c1cnc(CC2(C)CCN(C(=O)OC(C)(C)C)CC2)nc1.CCOC(=O)c1cnc(CC2(C)CCN(C(=O)[C@H](C)c3ccccc3)CC2)nc1.CCOC(=O)c1cnc(CC2(C)CCNCC2)nc1. The van der Waals surface area contributed by atoms with Crippen molar-refractivity contribution in [1.29, 1.82) is 10.5 Å². The maximum atomic E-state index is 12.9. The van der Waals surface area contributed by atoms with Crippen LogP contribution >= 0.6 is 0 Å². The molecule has 0 bridgehead atoms. The fourth-order valence-electron chi connectivity index (χ4n) is 15.4. The Hall–Kier alpha value is -10.9. The van der Waals surface area contributed by atoms with Crippen LogP contribution in [0.1, 0.15) is 323 Å². The fourth-order valence-corrected chi connectivity index (χ4v) is 15.4. The van der Waals surface area contributed by atoms with E-state index >= 15 is 0 Å². The molecule has 0 radical (unpaired) electrons. The molecule has 35 heteroatoms. The molecule has 0 unspecified atom stereocenters. The van der Waals surface area contributed by atoms with Crippen LogP contribution in [0.3, 0.4) is 0 Å². The molecule has 1 atom stereocenters. The van der Waals surface area contributed by atoms with Crippen molar-refractivity contribution in [3.63, 3.8) is 0 Å². The Morgan fingerprint density at radius 3 is 0.956 bits per heavy atom. The lowest BCUT2D eigenvalue weighted by molar-refractivity contribution is -0.134. The Balaban J connectivity index is 0.000000287. The number of rotatable bonds is 15. The summed E-state index contributed by atoms with van der Waals surface area (Å²) in [4.78, 5) is 154. The van der Waals surface area contributed by atoms with Gasteiger partial charge < -0.3 is 84.1 Å². The van der Waals surface area contributed by atoms with E-state index in [-0.39, 0.29) is 87.3 Å². The Morgan fingerprint density at radius 2 is 0.679 bits per heavy atom. The summed E-state index contributed by atoms with van der Waals surface area (Å²) >= 11 is 0. The van der Waals surface area contributed by atoms with Crippen LogP contribution < -0.4 is 16.8 Å². The van der Waals surface area contributed by atoms with Gasteiger partial charge in [0, 0.05) is 152 Å². The second-order valence-electron chi connectivity index (χ2n) is 43.5. The summed E-state index contributed by atoms with van der Waals surface area (Å²) in [7, 11) is 0. The predicted molar refractivity (Wildman–Crippen MR) is 520 cm³/mol. The molecule has 7 aliphatic rings. The monoisotopic (exact) mass is 1910 g/mol. The molecule has 11 rings (SSSR count). The molecule has 35 nitrogen and oxygen atoms in total. The molecule has 0 saturated carbocycles. The average molecular weight is 1910 g/mol. The van der Waals surface area contributed by atoms with Crippen molar-refractivity contribution < 1.29 is 85.8 Å². The van der Waals surface area contributed by atoms with E-state index in [1.165, 1.54) is 24.8 Å². The number of ether oxygens (including phenoxy) is 8. The van der Waals surface area contributed by atoms with Crippen molar-refractivity contribution in [3.8, 4) is 12.1 Å². The molecule has 7 fully saturated rings. The largest absolute Gasteiger partial charge is 0.462 e. The number of benzene rings is 1. The van der Waals surface area contributed by atoms with Crippen LogP contribution in [0.4, 0.5) is 24.0 Å². The van der Waals surface area contributed by atoms with Crippen LogP contribution in [0, 0.1) is 55.7 Å². The van der Waals surface area contributed by atoms with Crippen LogP contribution in [0.25, 0.3) is 0 Å². The number of hydrogen-bond acceptors (Lipinski definition) is 28. The highest BCUT2D eigenvalue weighted by Crippen LogP contribution is 2.39. The van der Waals surface area contributed by atoms with Crippen molar-refractivity contribution >= 4 is 60.2 Å². The van der Waals surface area contributed by atoms with Gasteiger partial charge >= 0.3 is 48.4 Å². The van der Waals surface area contributed by atoms with E-state index in [4.69, 9.17) is 59.9 Å². The molecule has 1 aromatic carbocycles. The van der Waals surface area contributed by atoms with Crippen LogP contribution in [0.2, 0.25) is 0 Å². The number of carbonyl (C=O) groups excluding carboxylic acids is 10. The number of esters is 3. The molecule has 0 spiro atoms. The maximum Gasteiger partial charge on any atom is 0.410 e. The number of primary amides is 1. The molecule has 10 heterocycles. The second kappa shape index (κ2) is 52.2. The molecular formula is C102H161N17O18. The van der Waals surface area contributed by atoms with Crippen LogP contribution in [0.5, 0.6) is 0 Å². The highest BCUT2D eigenvalue weighted by atomic mass is 16.6. The Labute approximate surface area is 814 Å². The summed E-state index contributed by atoms with van der Waals surface area (Å²) in [5.41, 5.74) is 10.7. The summed E-state index contributed by atoms with van der Waals surface area (Å²) in [6.07, 6.45) is 21.8. The minimum atomic E-state index is -0.488. The Kier molecular flexibility index (Phi) is 44.4. The van der Waals surface area contributed by atoms with Crippen LogP contribution in [0.15, 0.2) is 67.5 Å². The van der Waals surface area contributed by atoms with Gasteiger partial charge in [-0.25, -0.2) is 68.3 Å². The lowest BCUT2D eigenvalue weighted by Crippen LogP contribution is -2.50. The number of amides is 7. The first-order valence-corrected chi connectivity index (χ1v) is 48.5. The zero-order chi connectivity index (χ0) is 103. The number of aromatic nitrogens is 6. The minimum absolute atomic E-state index is 0.0178. The molecule has 137 heavy (non-hydrogen) atoms. The van der Waals surface area contributed by atoms with Crippen molar-refractivity contribution in [2.45, 2.75) is 322 Å². The van der Waals surface area contributed by atoms with Crippen LogP contribution in [-0.4, -0.2) is 264 Å². The van der Waals surface area contributed by atoms with Gasteiger partial charge in [-0.2, -0.15) is 10.5 Å². The highest BCUT2D eigenvalue weighted by molar-refractivity contribution is 5.90. The van der Waals surface area contributed by atoms with E-state index < -0.39 is 45.4 Å². The Bertz CT molecular complexity index is 4570. The number of nitriles is 2. The van der Waals surface area contributed by atoms with Gasteiger partial charge in [0.15, 0.2) is 0 Å².